The van der Waals surface area contributed by atoms with Gasteiger partial charge < -0.3 is 24.9 Å². The second-order valence-corrected chi connectivity index (χ2v) is 13.8. The summed E-state index contributed by atoms with van der Waals surface area (Å²) >= 11 is 0. The van der Waals surface area contributed by atoms with Gasteiger partial charge in [0.1, 0.15) is 17.2 Å². The fraction of sp³-hybridized carbons (Fsp3) is 0.0943. The van der Waals surface area contributed by atoms with Gasteiger partial charge in [0.25, 0.3) is 0 Å². The molecular weight excluding hydrogens is 797 g/mol. The molecule has 0 fully saturated rings. The number of hydrogen-bond donors (Lipinski definition) is 4. The van der Waals surface area contributed by atoms with E-state index in [0.29, 0.717) is 23.3 Å². The molecule has 5 aromatic heterocycles. The predicted octanol–water partition coefficient (Wildman–Crippen LogP) is 11.7. The molecule has 5 heterocycles. The van der Waals surface area contributed by atoms with Gasteiger partial charge in [-0.2, -0.15) is 15.8 Å². The summed E-state index contributed by atoms with van der Waals surface area (Å²) in [5.41, 5.74) is 10.8. The molecule has 0 saturated carbocycles. The second kappa shape index (κ2) is 22.0. The van der Waals surface area contributed by atoms with Crippen molar-refractivity contribution in [2.75, 3.05) is 6.61 Å². The lowest BCUT2D eigenvalue weighted by atomic mass is 9.98. The van der Waals surface area contributed by atoms with E-state index in [1.54, 1.807) is 79.8 Å². The molecule has 0 bridgehead atoms. The molecular formula is C53H44N8O3. The fourth-order valence-electron chi connectivity index (χ4n) is 6.88. The number of H-pyrrole nitrogens is 2. The Bertz CT molecular complexity index is 3110. The Hall–Kier alpha value is -8.98. The van der Waals surface area contributed by atoms with Crippen molar-refractivity contribution in [3.05, 3.63) is 191 Å². The molecule has 1 aliphatic rings. The van der Waals surface area contributed by atoms with Crippen LogP contribution in [0.3, 0.4) is 0 Å². The van der Waals surface area contributed by atoms with E-state index in [-0.39, 0.29) is 11.5 Å². The first kappa shape index (κ1) is 44.6. The highest BCUT2D eigenvalue weighted by molar-refractivity contribution is 6.02. The highest BCUT2D eigenvalue weighted by Gasteiger charge is 2.18. The molecule has 4 N–H and O–H groups in total. The highest BCUT2D eigenvalue weighted by atomic mass is 16.5. The summed E-state index contributed by atoms with van der Waals surface area (Å²) in [6.07, 6.45) is 22.1. The molecule has 0 atom stereocenters. The number of phenolic OH excluding ortho intramolecular Hbond substituents is 2. The van der Waals surface area contributed by atoms with Crippen molar-refractivity contribution in [1.82, 2.24) is 24.9 Å². The summed E-state index contributed by atoms with van der Waals surface area (Å²) in [6.45, 7) is 6.56. The van der Waals surface area contributed by atoms with Gasteiger partial charge in [0.2, 0.25) is 0 Å². The van der Waals surface area contributed by atoms with Crippen molar-refractivity contribution < 1.29 is 14.9 Å². The number of aromatic amines is 2. The van der Waals surface area contributed by atoms with E-state index in [2.05, 4.69) is 43.1 Å². The molecule has 314 valence electrons. The first-order valence-corrected chi connectivity index (χ1v) is 20.5. The molecule has 0 radical (unpaired) electrons. The maximum absolute atomic E-state index is 9.62. The maximum Gasteiger partial charge on any atom is 0.120 e. The number of nitrogens with one attached hydrogen (secondary N) is 2. The van der Waals surface area contributed by atoms with Crippen LogP contribution in [-0.2, 0) is 6.42 Å². The van der Waals surface area contributed by atoms with Crippen LogP contribution in [0.2, 0.25) is 0 Å². The van der Waals surface area contributed by atoms with Crippen molar-refractivity contribution in [2.45, 2.75) is 27.2 Å². The van der Waals surface area contributed by atoms with Crippen LogP contribution in [0.25, 0.3) is 56.8 Å². The molecule has 64 heavy (non-hydrogen) atoms. The Labute approximate surface area is 371 Å². The number of phenols is 2. The molecule has 0 amide bonds. The Kier molecular flexibility index (Phi) is 15.3. The number of pyridine rings is 3. The quantitative estimate of drug-likeness (QED) is 0.108. The number of hydrogen-bond acceptors (Lipinski definition) is 9. The van der Waals surface area contributed by atoms with Crippen LogP contribution in [0.1, 0.15) is 59.7 Å². The molecule has 0 aliphatic heterocycles. The number of ether oxygens (including phenoxy) is 1. The molecule has 9 rings (SSSR count). The Morgan fingerprint density at radius 3 is 1.62 bits per heavy atom. The average molecular weight is 841 g/mol. The van der Waals surface area contributed by atoms with Crippen LogP contribution in [0.5, 0.6) is 17.2 Å². The third kappa shape index (κ3) is 11.0. The summed E-state index contributed by atoms with van der Waals surface area (Å²) in [5.74, 6) is 1.20. The van der Waals surface area contributed by atoms with Crippen LogP contribution in [0.15, 0.2) is 152 Å². The minimum atomic E-state index is 0.178. The van der Waals surface area contributed by atoms with Gasteiger partial charge in [0.05, 0.1) is 41.5 Å². The van der Waals surface area contributed by atoms with Crippen molar-refractivity contribution in [1.29, 1.82) is 15.8 Å². The summed E-state index contributed by atoms with van der Waals surface area (Å²) in [6, 6.07) is 34.1. The first-order chi connectivity index (χ1) is 31.4. The van der Waals surface area contributed by atoms with Gasteiger partial charge in [0.15, 0.2) is 0 Å². The first-order valence-electron chi connectivity index (χ1n) is 20.5. The van der Waals surface area contributed by atoms with Crippen LogP contribution in [-0.4, -0.2) is 41.7 Å². The maximum atomic E-state index is 9.62. The van der Waals surface area contributed by atoms with Crippen molar-refractivity contribution in [3.8, 4) is 35.5 Å². The standard InChI is InChI=1S/C18H15N3O.C17H12N2O.C16H11N3O.C2H6/c1-2-22-15-5-6-18-16(9-15)17(12-21-18)14(10-19)8-13-4-3-7-20-11-13;18-10-14(8-12-2-1-7-19-11-12)16-6-4-13-3-5-15(20)9-17(13)16;17-8-12(6-11-2-1-5-18-9-11)15-10-19-16-4-3-13(20)7-14(15)16;1-2/h3-9,11-12,21H,2H2,1H3;1-3,5-9,11,20H,4H2;1-7,9-10,19-20H;1-2H3/b2*14-8+;12-6+;. The molecule has 3 aromatic carbocycles. The van der Waals surface area contributed by atoms with E-state index >= 15 is 0 Å². The Morgan fingerprint density at radius 1 is 0.641 bits per heavy atom. The lowest BCUT2D eigenvalue weighted by Crippen LogP contribution is -1.90. The zero-order valence-electron chi connectivity index (χ0n) is 35.5. The molecule has 11 heteroatoms. The third-order valence-corrected chi connectivity index (χ3v) is 9.76. The van der Waals surface area contributed by atoms with Gasteiger partial charge in [-0.1, -0.05) is 44.2 Å². The number of fused-ring (bicyclic) bond motifs is 3. The normalized spacial score (nSPS) is 11.8. The average Bonchev–Trinajstić information content (AvgIpc) is 4.08. The van der Waals surface area contributed by atoms with Crippen LogP contribution < -0.4 is 4.74 Å². The lowest BCUT2D eigenvalue weighted by molar-refractivity contribution is 0.340. The molecule has 8 aromatic rings. The van der Waals surface area contributed by atoms with E-state index in [1.807, 2.05) is 106 Å². The van der Waals surface area contributed by atoms with Gasteiger partial charge in [-0.05, 0) is 132 Å². The van der Waals surface area contributed by atoms with Crippen LogP contribution >= 0.6 is 0 Å². The van der Waals surface area contributed by atoms with Crippen molar-refractivity contribution in [2.24, 2.45) is 0 Å². The third-order valence-electron chi connectivity index (χ3n) is 9.76. The molecule has 1 aliphatic carbocycles. The second-order valence-electron chi connectivity index (χ2n) is 13.8. The van der Waals surface area contributed by atoms with Crippen molar-refractivity contribution >= 4 is 56.8 Å². The van der Waals surface area contributed by atoms with Crippen LogP contribution in [0, 0.1) is 34.0 Å². The summed E-state index contributed by atoms with van der Waals surface area (Å²) in [4.78, 5) is 18.4. The minimum absolute atomic E-state index is 0.178. The summed E-state index contributed by atoms with van der Waals surface area (Å²) < 4.78 is 5.54. The van der Waals surface area contributed by atoms with Gasteiger partial charge in [-0.15, -0.1) is 0 Å². The number of allylic oxidation sites excluding steroid dienone is 5. The summed E-state index contributed by atoms with van der Waals surface area (Å²) in [7, 11) is 0. The van der Waals surface area contributed by atoms with E-state index < -0.39 is 0 Å². The topological polar surface area (TPSA) is 191 Å². The number of benzene rings is 3. The number of nitrogens with zero attached hydrogens (tertiary/aromatic N) is 6. The summed E-state index contributed by atoms with van der Waals surface area (Å²) in [5, 5.41) is 49.3. The number of aromatic nitrogens is 5. The zero-order valence-corrected chi connectivity index (χ0v) is 35.5. The molecule has 0 saturated heterocycles. The Balaban J connectivity index is 0.000000156. The molecule has 0 unspecified atom stereocenters. The fourth-order valence-corrected chi connectivity index (χ4v) is 6.88. The predicted molar refractivity (Wildman–Crippen MR) is 254 cm³/mol. The van der Waals surface area contributed by atoms with E-state index in [0.717, 1.165) is 78.5 Å². The lowest BCUT2D eigenvalue weighted by Gasteiger charge is -2.05. The van der Waals surface area contributed by atoms with E-state index in [4.69, 9.17) is 4.74 Å². The van der Waals surface area contributed by atoms with Crippen LogP contribution in [0.4, 0.5) is 0 Å². The SMILES string of the molecule is CC.CCOc1ccc2[nH]cc(/C(C#N)=C/c3cccnc3)c2c1.N#C/C(=C\c1cccnc1)C1=CCc2ccc(O)cc21.N#C/C(=C\c1cccnc1)c1c[nH]c2ccc(O)cc12. The molecule has 0 spiro atoms. The van der Waals surface area contributed by atoms with Gasteiger partial charge in [-0.3, -0.25) is 15.0 Å². The molecule has 11 nitrogen and oxygen atoms in total. The van der Waals surface area contributed by atoms with Crippen molar-refractivity contribution in [3.63, 3.8) is 0 Å². The monoisotopic (exact) mass is 840 g/mol. The minimum Gasteiger partial charge on any atom is -0.508 e. The zero-order chi connectivity index (χ0) is 45.3. The number of nitriles is 3. The highest BCUT2D eigenvalue weighted by Crippen LogP contribution is 2.36. The number of rotatable bonds is 8. The smallest absolute Gasteiger partial charge is 0.120 e. The Morgan fingerprint density at radius 2 is 1.12 bits per heavy atom. The largest absolute Gasteiger partial charge is 0.508 e. The number of aromatic hydroxyl groups is 2. The van der Waals surface area contributed by atoms with E-state index in [9.17, 15) is 26.0 Å². The van der Waals surface area contributed by atoms with E-state index in [1.165, 1.54) is 0 Å². The van der Waals surface area contributed by atoms with Gasteiger partial charge in [0, 0.05) is 82.5 Å². The van der Waals surface area contributed by atoms with Gasteiger partial charge >= 0.3 is 0 Å². The van der Waals surface area contributed by atoms with Gasteiger partial charge in [-0.25, -0.2) is 0 Å².